The third-order valence-electron chi connectivity index (χ3n) is 3.49. The van der Waals surface area contributed by atoms with Gasteiger partial charge in [-0.05, 0) is 42.8 Å². The lowest BCUT2D eigenvalue weighted by molar-refractivity contribution is 0.102. The summed E-state index contributed by atoms with van der Waals surface area (Å²) >= 11 is 1.59. The van der Waals surface area contributed by atoms with Crippen molar-refractivity contribution in [2.24, 2.45) is 7.05 Å². The minimum absolute atomic E-state index is 0.0902. The largest absolute Gasteiger partial charge is 0.329 e. The van der Waals surface area contributed by atoms with Crippen molar-refractivity contribution in [1.29, 1.82) is 0 Å². The van der Waals surface area contributed by atoms with E-state index < -0.39 is 0 Å². The molecular weight excluding hydrogens is 306 g/mol. The zero-order chi connectivity index (χ0) is 16.2. The number of carbonyl (C=O) groups is 1. The van der Waals surface area contributed by atoms with Gasteiger partial charge in [-0.3, -0.25) is 4.79 Å². The maximum absolute atomic E-state index is 12.3. The van der Waals surface area contributed by atoms with Crippen molar-refractivity contribution < 1.29 is 4.79 Å². The van der Waals surface area contributed by atoms with E-state index >= 15 is 0 Å². The van der Waals surface area contributed by atoms with Crippen LogP contribution < -0.4 is 5.32 Å². The van der Waals surface area contributed by atoms with Crippen molar-refractivity contribution in [1.82, 2.24) is 9.55 Å². The van der Waals surface area contributed by atoms with E-state index in [0.717, 1.165) is 21.3 Å². The molecule has 116 valence electrons. The summed E-state index contributed by atoms with van der Waals surface area (Å²) in [5.41, 5.74) is 2.44. The molecule has 4 nitrogen and oxygen atoms in total. The van der Waals surface area contributed by atoms with E-state index in [4.69, 9.17) is 0 Å². The molecule has 0 atom stereocenters. The summed E-state index contributed by atoms with van der Waals surface area (Å²) in [6, 6.07) is 15.3. The number of nitrogens with zero attached hydrogens (tertiary/aromatic N) is 2. The average molecular weight is 323 g/mol. The first kappa shape index (κ1) is 15.4. The first-order valence-corrected chi connectivity index (χ1v) is 8.07. The van der Waals surface area contributed by atoms with E-state index in [1.807, 2.05) is 73.3 Å². The van der Waals surface area contributed by atoms with Crippen LogP contribution in [0.3, 0.4) is 0 Å². The summed E-state index contributed by atoms with van der Waals surface area (Å²) in [6.45, 7) is 1.93. The summed E-state index contributed by atoms with van der Waals surface area (Å²) in [5, 5.41) is 3.86. The predicted molar refractivity (Wildman–Crippen MR) is 92.9 cm³/mol. The molecule has 1 heterocycles. The molecule has 5 heteroatoms. The monoisotopic (exact) mass is 323 g/mol. The Morgan fingerprint density at radius 2 is 1.87 bits per heavy atom. The van der Waals surface area contributed by atoms with E-state index in [2.05, 4.69) is 10.3 Å². The van der Waals surface area contributed by atoms with E-state index in [9.17, 15) is 4.79 Å². The Morgan fingerprint density at radius 3 is 2.52 bits per heavy atom. The summed E-state index contributed by atoms with van der Waals surface area (Å²) in [6.07, 6.45) is 3.69. The van der Waals surface area contributed by atoms with Crippen LogP contribution in [0.5, 0.6) is 0 Å². The van der Waals surface area contributed by atoms with E-state index in [-0.39, 0.29) is 5.91 Å². The summed E-state index contributed by atoms with van der Waals surface area (Å²) < 4.78 is 1.97. The van der Waals surface area contributed by atoms with E-state index in [1.165, 1.54) is 0 Å². The number of nitrogens with one attached hydrogen (secondary N) is 1. The van der Waals surface area contributed by atoms with Crippen LogP contribution in [0.15, 0.2) is 71.0 Å². The number of imidazole rings is 1. The number of aryl methyl sites for hydroxylation is 2. The maximum Gasteiger partial charge on any atom is 0.255 e. The fourth-order valence-electron chi connectivity index (χ4n) is 2.19. The lowest BCUT2D eigenvalue weighted by atomic mass is 10.1. The SMILES string of the molecule is Cc1ccccc1C(=O)Nc1ccc(Sc2nccn2C)cc1. The second kappa shape index (κ2) is 6.71. The Bertz CT molecular complexity index is 824. The molecule has 0 saturated carbocycles. The van der Waals surface area contributed by atoms with Gasteiger partial charge < -0.3 is 9.88 Å². The highest BCUT2D eigenvalue weighted by molar-refractivity contribution is 7.99. The molecule has 0 radical (unpaired) electrons. The van der Waals surface area contributed by atoms with Crippen LogP contribution in [0.25, 0.3) is 0 Å². The molecule has 0 aliphatic heterocycles. The van der Waals surface area contributed by atoms with Crippen LogP contribution in [-0.4, -0.2) is 15.5 Å². The van der Waals surface area contributed by atoms with Crippen LogP contribution in [0, 0.1) is 6.92 Å². The van der Waals surface area contributed by atoms with Crippen LogP contribution >= 0.6 is 11.8 Å². The molecule has 0 bridgehead atoms. The molecule has 23 heavy (non-hydrogen) atoms. The quantitative estimate of drug-likeness (QED) is 0.785. The molecule has 0 spiro atoms. The van der Waals surface area contributed by atoms with Gasteiger partial charge in [-0.2, -0.15) is 0 Å². The van der Waals surface area contributed by atoms with Gasteiger partial charge in [0.1, 0.15) is 0 Å². The fourth-order valence-corrected chi connectivity index (χ4v) is 2.99. The molecule has 3 aromatic rings. The van der Waals surface area contributed by atoms with Gasteiger partial charge in [0.05, 0.1) is 0 Å². The highest BCUT2D eigenvalue weighted by Crippen LogP contribution is 2.26. The predicted octanol–water partition coefficient (Wildman–Crippen LogP) is 4.13. The summed E-state index contributed by atoms with van der Waals surface area (Å²) in [4.78, 5) is 17.7. The maximum atomic E-state index is 12.3. The highest BCUT2D eigenvalue weighted by atomic mass is 32.2. The second-order valence-electron chi connectivity index (χ2n) is 5.22. The van der Waals surface area contributed by atoms with Gasteiger partial charge in [0.25, 0.3) is 5.91 Å². The smallest absolute Gasteiger partial charge is 0.255 e. The Kier molecular flexibility index (Phi) is 4.48. The van der Waals surface area contributed by atoms with Crippen molar-refractivity contribution in [2.45, 2.75) is 17.0 Å². The van der Waals surface area contributed by atoms with Crippen molar-refractivity contribution in [2.75, 3.05) is 5.32 Å². The number of benzene rings is 2. The number of amides is 1. The summed E-state index contributed by atoms with van der Waals surface area (Å²) in [7, 11) is 1.96. The number of anilines is 1. The topological polar surface area (TPSA) is 46.9 Å². The third kappa shape index (κ3) is 3.63. The van der Waals surface area contributed by atoms with E-state index in [1.54, 1.807) is 18.0 Å². The number of carbonyl (C=O) groups excluding carboxylic acids is 1. The van der Waals surface area contributed by atoms with E-state index in [0.29, 0.717) is 5.56 Å². The Morgan fingerprint density at radius 1 is 1.13 bits per heavy atom. The fraction of sp³-hybridized carbons (Fsp3) is 0.111. The minimum Gasteiger partial charge on any atom is -0.329 e. The highest BCUT2D eigenvalue weighted by Gasteiger charge is 2.09. The molecule has 1 N–H and O–H groups in total. The molecule has 0 fully saturated rings. The first-order valence-electron chi connectivity index (χ1n) is 7.26. The van der Waals surface area contributed by atoms with Crippen LogP contribution in [0.2, 0.25) is 0 Å². The van der Waals surface area contributed by atoms with Gasteiger partial charge in [0.15, 0.2) is 5.16 Å². The Labute approximate surface area is 139 Å². The number of hydrogen-bond donors (Lipinski definition) is 1. The second-order valence-corrected chi connectivity index (χ2v) is 6.26. The third-order valence-corrected chi connectivity index (χ3v) is 4.57. The average Bonchev–Trinajstić information content (AvgIpc) is 2.95. The lowest BCUT2D eigenvalue weighted by Crippen LogP contribution is -2.13. The molecule has 1 aromatic heterocycles. The lowest BCUT2D eigenvalue weighted by Gasteiger charge is -2.08. The van der Waals surface area contributed by atoms with Gasteiger partial charge in [-0.15, -0.1) is 0 Å². The Balaban J connectivity index is 1.69. The molecule has 0 aliphatic carbocycles. The number of hydrogen-bond acceptors (Lipinski definition) is 3. The molecule has 2 aromatic carbocycles. The van der Waals surface area contributed by atoms with Crippen LogP contribution in [-0.2, 0) is 7.05 Å². The van der Waals surface area contributed by atoms with Crippen LogP contribution in [0.4, 0.5) is 5.69 Å². The normalized spacial score (nSPS) is 10.5. The van der Waals surface area contributed by atoms with Gasteiger partial charge in [0.2, 0.25) is 0 Å². The molecule has 3 rings (SSSR count). The van der Waals surface area contributed by atoms with Gasteiger partial charge >= 0.3 is 0 Å². The zero-order valence-corrected chi connectivity index (χ0v) is 13.8. The van der Waals surface area contributed by atoms with Crippen molar-refractivity contribution in [3.8, 4) is 0 Å². The summed E-state index contributed by atoms with van der Waals surface area (Å²) in [5.74, 6) is -0.0902. The molecular formula is C18H17N3OS. The number of aromatic nitrogens is 2. The molecule has 0 aliphatic rings. The molecule has 1 amide bonds. The van der Waals surface area contributed by atoms with Gasteiger partial charge in [-0.25, -0.2) is 4.98 Å². The minimum atomic E-state index is -0.0902. The van der Waals surface area contributed by atoms with Crippen LogP contribution in [0.1, 0.15) is 15.9 Å². The Hall–Kier alpha value is -2.53. The van der Waals surface area contributed by atoms with Crippen molar-refractivity contribution in [3.63, 3.8) is 0 Å². The number of rotatable bonds is 4. The molecule has 0 saturated heterocycles. The first-order chi connectivity index (χ1) is 11.1. The van der Waals surface area contributed by atoms with Gasteiger partial charge in [-0.1, -0.05) is 30.0 Å². The molecule has 0 unspecified atom stereocenters. The standard InChI is InChI=1S/C18H17N3OS/c1-13-5-3-4-6-16(13)17(22)20-14-7-9-15(10-8-14)23-18-19-11-12-21(18)2/h3-12H,1-2H3,(H,20,22). The van der Waals surface area contributed by atoms with Crippen molar-refractivity contribution in [3.05, 3.63) is 72.1 Å². The zero-order valence-electron chi connectivity index (χ0n) is 13.0. The van der Waals surface area contributed by atoms with Gasteiger partial charge in [0, 0.05) is 35.6 Å². The van der Waals surface area contributed by atoms with Crippen molar-refractivity contribution >= 4 is 23.4 Å².